The van der Waals surface area contributed by atoms with Gasteiger partial charge in [0, 0.05) is 39.8 Å². The molecule has 5 nitrogen and oxygen atoms in total. The van der Waals surface area contributed by atoms with E-state index in [0.717, 1.165) is 26.2 Å². The van der Waals surface area contributed by atoms with Gasteiger partial charge in [0.05, 0.1) is 12.1 Å². The zero-order valence-corrected chi connectivity index (χ0v) is 10.5. The van der Waals surface area contributed by atoms with Crippen LogP contribution in [0.2, 0.25) is 0 Å². The van der Waals surface area contributed by atoms with Crippen LogP contribution in [0.25, 0.3) is 0 Å². The number of rotatable bonds is 5. The Labute approximate surface area is 97.5 Å². The second kappa shape index (κ2) is 6.83. The number of hydrogen-bond donors (Lipinski definition) is 2. The van der Waals surface area contributed by atoms with Crippen molar-refractivity contribution in [1.82, 2.24) is 15.5 Å². The van der Waals surface area contributed by atoms with E-state index in [0.29, 0.717) is 6.54 Å². The molecule has 94 valence electrons. The summed E-state index contributed by atoms with van der Waals surface area (Å²) >= 11 is 0. The number of methoxy groups -OCH3 is 1. The Morgan fingerprint density at radius 2 is 2.06 bits per heavy atom. The summed E-state index contributed by atoms with van der Waals surface area (Å²) in [4.78, 5) is 14.0. The topological polar surface area (TPSA) is 53.6 Å². The van der Waals surface area contributed by atoms with E-state index in [1.807, 2.05) is 13.8 Å². The summed E-state index contributed by atoms with van der Waals surface area (Å²) in [5.74, 6) is 0.0887. The molecule has 2 unspecified atom stereocenters. The summed E-state index contributed by atoms with van der Waals surface area (Å²) in [6, 6.07) is -0.0499. The van der Waals surface area contributed by atoms with Crippen molar-refractivity contribution in [1.29, 1.82) is 0 Å². The molecular formula is C11H23N3O2. The summed E-state index contributed by atoms with van der Waals surface area (Å²) in [6.07, 6.45) is 0.0687. The molecule has 0 saturated carbocycles. The fraction of sp³-hybridized carbons (Fsp3) is 0.909. The summed E-state index contributed by atoms with van der Waals surface area (Å²) in [5.41, 5.74) is 0. The SMILES string of the molecule is COC(C)CNC(=O)C(C)N1CCNCC1. The Bertz CT molecular complexity index is 217. The number of amides is 1. The van der Waals surface area contributed by atoms with E-state index in [2.05, 4.69) is 15.5 Å². The molecule has 1 fully saturated rings. The first-order chi connectivity index (χ1) is 7.65. The smallest absolute Gasteiger partial charge is 0.237 e. The first-order valence-corrected chi connectivity index (χ1v) is 5.90. The fourth-order valence-electron chi connectivity index (χ4n) is 1.71. The van der Waals surface area contributed by atoms with Gasteiger partial charge in [-0.2, -0.15) is 0 Å². The zero-order chi connectivity index (χ0) is 12.0. The molecule has 1 heterocycles. The number of carbonyl (C=O) groups excluding carboxylic acids is 1. The largest absolute Gasteiger partial charge is 0.380 e. The molecule has 0 aromatic heterocycles. The van der Waals surface area contributed by atoms with Crippen LogP contribution in [0.1, 0.15) is 13.8 Å². The van der Waals surface area contributed by atoms with Gasteiger partial charge in [-0.25, -0.2) is 0 Å². The van der Waals surface area contributed by atoms with Gasteiger partial charge in [0.15, 0.2) is 0 Å². The lowest BCUT2D eigenvalue weighted by molar-refractivity contribution is -0.126. The average molecular weight is 229 g/mol. The van der Waals surface area contributed by atoms with Crippen molar-refractivity contribution in [3.8, 4) is 0 Å². The van der Waals surface area contributed by atoms with Crippen LogP contribution in [-0.4, -0.2) is 62.8 Å². The van der Waals surface area contributed by atoms with E-state index < -0.39 is 0 Å². The van der Waals surface area contributed by atoms with Crippen LogP contribution in [0.3, 0.4) is 0 Å². The van der Waals surface area contributed by atoms with E-state index in [1.165, 1.54) is 0 Å². The third-order valence-electron chi connectivity index (χ3n) is 3.04. The summed E-state index contributed by atoms with van der Waals surface area (Å²) < 4.78 is 5.09. The van der Waals surface area contributed by atoms with Crippen LogP contribution in [-0.2, 0) is 9.53 Å². The molecule has 2 atom stereocenters. The molecule has 1 amide bonds. The van der Waals surface area contributed by atoms with Crippen molar-refractivity contribution in [3.05, 3.63) is 0 Å². The molecule has 0 bridgehead atoms. The van der Waals surface area contributed by atoms with E-state index in [-0.39, 0.29) is 18.1 Å². The molecule has 1 rings (SSSR count). The van der Waals surface area contributed by atoms with Crippen molar-refractivity contribution in [2.24, 2.45) is 0 Å². The van der Waals surface area contributed by atoms with Crippen LogP contribution in [0, 0.1) is 0 Å². The maximum atomic E-state index is 11.8. The van der Waals surface area contributed by atoms with Crippen LogP contribution < -0.4 is 10.6 Å². The maximum absolute atomic E-state index is 11.8. The number of nitrogens with zero attached hydrogens (tertiary/aromatic N) is 1. The minimum absolute atomic E-state index is 0.0499. The van der Waals surface area contributed by atoms with Gasteiger partial charge in [0.25, 0.3) is 0 Å². The first-order valence-electron chi connectivity index (χ1n) is 5.90. The lowest BCUT2D eigenvalue weighted by Crippen LogP contribution is -2.53. The zero-order valence-electron chi connectivity index (χ0n) is 10.5. The molecule has 2 N–H and O–H groups in total. The van der Waals surface area contributed by atoms with Gasteiger partial charge < -0.3 is 15.4 Å². The first kappa shape index (κ1) is 13.4. The Balaban J connectivity index is 2.29. The molecule has 1 saturated heterocycles. The molecule has 16 heavy (non-hydrogen) atoms. The molecule has 1 aliphatic heterocycles. The van der Waals surface area contributed by atoms with Crippen molar-refractivity contribution in [3.63, 3.8) is 0 Å². The number of ether oxygens (including phenoxy) is 1. The molecule has 0 spiro atoms. The third-order valence-corrected chi connectivity index (χ3v) is 3.04. The Hall–Kier alpha value is -0.650. The van der Waals surface area contributed by atoms with Gasteiger partial charge in [-0.1, -0.05) is 0 Å². The van der Waals surface area contributed by atoms with Gasteiger partial charge in [-0.15, -0.1) is 0 Å². The van der Waals surface area contributed by atoms with Crippen LogP contribution >= 0.6 is 0 Å². The minimum Gasteiger partial charge on any atom is -0.380 e. The highest BCUT2D eigenvalue weighted by Crippen LogP contribution is 2.01. The monoisotopic (exact) mass is 229 g/mol. The molecule has 5 heteroatoms. The molecule has 0 radical (unpaired) electrons. The predicted molar refractivity (Wildman–Crippen MR) is 63.4 cm³/mol. The Morgan fingerprint density at radius 3 is 2.62 bits per heavy atom. The quantitative estimate of drug-likeness (QED) is 0.663. The lowest BCUT2D eigenvalue weighted by atomic mass is 10.2. The van der Waals surface area contributed by atoms with Gasteiger partial charge in [0.2, 0.25) is 5.91 Å². The predicted octanol–water partition coefficient (Wildman–Crippen LogP) is -0.569. The number of hydrogen-bond acceptors (Lipinski definition) is 4. The fourth-order valence-corrected chi connectivity index (χ4v) is 1.71. The van der Waals surface area contributed by atoms with E-state index in [4.69, 9.17) is 4.74 Å². The number of nitrogens with one attached hydrogen (secondary N) is 2. The van der Waals surface area contributed by atoms with Crippen molar-refractivity contribution in [2.45, 2.75) is 26.0 Å². The van der Waals surface area contributed by atoms with E-state index in [9.17, 15) is 4.79 Å². The lowest BCUT2D eigenvalue weighted by Gasteiger charge is -2.32. The van der Waals surface area contributed by atoms with Crippen LogP contribution in [0.4, 0.5) is 0 Å². The Morgan fingerprint density at radius 1 is 1.44 bits per heavy atom. The minimum atomic E-state index is -0.0499. The highest BCUT2D eigenvalue weighted by atomic mass is 16.5. The number of carbonyl (C=O) groups is 1. The summed E-state index contributed by atoms with van der Waals surface area (Å²) in [6.45, 7) is 8.28. The van der Waals surface area contributed by atoms with Gasteiger partial charge in [0.1, 0.15) is 0 Å². The molecular weight excluding hydrogens is 206 g/mol. The standard InChI is InChI=1S/C11H23N3O2/c1-9(16-3)8-13-11(15)10(2)14-6-4-12-5-7-14/h9-10,12H,4-8H2,1-3H3,(H,13,15). The second-order valence-corrected chi connectivity index (χ2v) is 4.25. The summed E-state index contributed by atoms with van der Waals surface area (Å²) in [7, 11) is 1.65. The van der Waals surface area contributed by atoms with Crippen molar-refractivity contribution < 1.29 is 9.53 Å². The highest BCUT2D eigenvalue weighted by Gasteiger charge is 2.22. The molecule has 0 aromatic carbocycles. The van der Waals surface area contributed by atoms with Crippen molar-refractivity contribution in [2.75, 3.05) is 39.8 Å². The van der Waals surface area contributed by atoms with Crippen LogP contribution in [0.15, 0.2) is 0 Å². The van der Waals surface area contributed by atoms with Crippen LogP contribution in [0.5, 0.6) is 0 Å². The van der Waals surface area contributed by atoms with Gasteiger partial charge >= 0.3 is 0 Å². The Kier molecular flexibility index (Phi) is 5.73. The van der Waals surface area contributed by atoms with E-state index in [1.54, 1.807) is 7.11 Å². The number of piperazine rings is 1. The highest BCUT2D eigenvalue weighted by molar-refractivity contribution is 5.81. The molecule has 1 aliphatic rings. The third kappa shape index (κ3) is 4.08. The van der Waals surface area contributed by atoms with Crippen molar-refractivity contribution >= 4 is 5.91 Å². The normalized spacial score (nSPS) is 21.4. The van der Waals surface area contributed by atoms with E-state index >= 15 is 0 Å². The molecule has 0 aliphatic carbocycles. The maximum Gasteiger partial charge on any atom is 0.237 e. The van der Waals surface area contributed by atoms with Gasteiger partial charge in [-0.05, 0) is 13.8 Å². The second-order valence-electron chi connectivity index (χ2n) is 4.25. The average Bonchev–Trinajstić information content (AvgIpc) is 2.35. The summed E-state index contributed by atoms with van der Waals surface area (Å²) in [5, 5.41) is 6.18. The van der Waals surface area contributed by atoms with Gasteiger partial charge in [-0.3, -0.25) is 9.69 Å². The molecule has 0 aromatic rings.